The van der Waals surface area contributed by atoms with Crippen LogP contribution >= 0.6 is 0 Å². The molecule has 0 saturated heterocycles. The van der Waals surface area contributed by atoms with E-state index in [2.05, 4.69) is 16.0 Å². The number of carbonyl (C=O) groups excluding carboxylic acids is 3. The van der Waals surface area contributed by atoms with Crippen LogP contribution in [0, 0.1) is 0 Å². The maximum Gasteiger partial charge on any atom is 0.253 e. The van der Waals surface area contributed by atoms with E-state index in [0.29, 0.717) is 24.3 Å². The highest BCUT2D eigenvalue weighted by molar-refractivity contribution is 6.03. The fraction of sp³-hybridized carbons (Fsp3) is 0.250. The molecule has 27 heavy (non-hydrogen) atoms. The normalized spacial score (nSPS) is 10.1. The predicted octanol–water partition coefficient (Wildman–Crippen LogP) is 1.06. The van der Waals surface area contributed by atoms with Crippen LogP contribution in [-0.2, 0) is 16.0 Å². The van der Waals surface area contributed by atoms with Gasteiger partial charge in [-0.1, -0.05) is 42.5 Å². The largest absolute Gasteiger partial charge is 0.355 e. The Morgan fingerprint density at radius 2 is 1.52 bits per heavy atom. The van der Waals surface area contributed by atoms with E-state index in [1.54, 1.807) is 24.3 Å². The van der Waals surface area contributed by atoms with Crippen LogP contribution in [0.2, 0.25) is 0 Å². The van der Waals surface area contributed by atoms with Crippen molar-refractivity contribution >= 4 is 23.4 Å². The third-order valence-corrected chi connectivity index (χ3v) is 3.76. The summed E-state index contributed by atoms with van der Waals surface area (Å²) in [4.78, 5) is 36.1. The molecule has 0 aliphatic heterocycles. The molecule has 0 unspecified atom stereocenters. The summed E-state index contributed by atoms with van der Waals surface area (Å²) in [6.07, 6.45) is 0.381. The fourth-order valence-corrected chi connectivity index (χ4v) is 2.44. The number of anilines is 1. The van der Waals surface area contributed by atoms with Gasteiger partial charge in [-0.25, -0.2) is 0 Å². The molecule has 0 radical (unpaired) electrons. The highest BCUT2D eigenvalue weighted by Crippen LogP contribution is 2.15. The molecule has 2 rings (SSSR count). The lowest BCUT2D eigenvalue weighted by molar-refractivity contribution is -0.120. The summed E-state index contributed by atoms with van der Waals surface area (Å²) >= 11 is 0. The Morgan fingerprint density at radius 3 is 2.26 bits per heavy atom. The third-order valence-electron chi connectivity index (χ3n) is 3.76. The first kappa shape index (κ1) is 20.1. The first-order valence-corrected chi connectivity index (χ1v) is 8.78. The van der Waals surface area contributed by atoms with Crippen molar-refractivity contribution in [2.75, 3.05) is 25.0 Å². The van der Waals surface area contributed by atoms with Crippen molar-refractivity contribution in [3.05, 3.63) is 65.7 Å². The number of para-hydroxylation sites is 1. The van der Waals surface area contributed by atoms with Crippen LogP contribution < -0.4 is 21.7 Å². The van der Waals surface area contributed by atoms with Gasteiger partial charge < -0.3 is 21.7 Å². The van der Waals surface area contributed by atoms with Crippen molar-refractivity contribution in [1.29, 1.82) is 0 Å². The molecule has 7 nitrogen and oxygen atoms in total. The van der Waals surface area contributed by atoms with Crippen molar-refractivity contribution in [3.63, 3.8) is 0 Å². The monoisotopic (exact) mass is 368 g/mol. The molecule has 0 saturated carbocycles. The van der Waals surface area contributed by atoms with Gasteiger partial charge in [-0.3, -0.25) is 14.4 Å². The second-order valence-corrected chi connectivity index (χ2v) is 5.90. The fourth-order valence-electron chi connectivity index (χ4n) is 2.44. The second kappa shape index (κ2) is 10.7. The molecular weight excluding hydrogens is 344 g/mol. The van der Waals surface area contributed by atoms with E-state index in [1.165, 1.54) is 0 Å². The molecule has 0 atom stereocenters. The maximum atomic E-state index is 12.1. The van der Waals surface area contributed by atoms with Crippen molar-refractivity contribution in [3.8, 4) is 0 Å². The first-order chi connectivity index (χ1) is 13.1. The summed E-state index contributed by atoms with van der Waals surface area (Å²) in [5, 5.41) is 8.10. The van der Waals surface area contributed by atoms with E-state index < -0.39 is 0 Å². The van der Waals surface area contributed by atoms with Crippen molar-refractivity contribution in [2.45, 2.75) is 12.8 Å². The minimum atomic E-state index is -0.299. The molecule has 0 aliphatic carbocycles. The van der Waals surface area contributed by atoms with Crippen LogP contribution in [-0.4, -0.2) is 37.4 Å². The lowest BCUT2D eigenvalue weighted by Crippen LogP contribution is -2.31. The maximum absolute atomic E-state index is 12.1. The molecule has 142 valence electrons. The minimum Gasteiger partial charge on any atom is -0.355 e. The lowest BCUT2D eigenvalue weighted by Gasteiger charge is -2.11. The van der Waals surface area contributed by atoms with E-state index in [4.69, 9.17) is 5.73 Å². The summed E-state index contributed by atoms with van der Waals surface area (Å²) < 4.78 is 0. The van der Waals surface area contributed by atoms with Gasteiger partial charge in [0.2, 0.25) is 11.8 Å². The molecular formula is C20H24N4O3. The van der Waals surface area contributed by atoms with Gasteiger partial charge in [-0.15, -0.1) is 0 Å². The van der Waals surface area contributed by atoms with Gasteiger partial charge >= 0.3 is 0 Å². The number of hydrogen-bond acceptors (Lipinski definition) is 4. The zero-order chi connectivity index (χ0) is 19.5. The van der Waals surface area contributed by atoms with Gasteiger partial charge in [-0.2, -0.15) is 0 Å². The molecule has 7 heteroatoms. The molecule has 0 aromatic heterocycles. The summed E-state index contributed by atoms with van der Waals surface area (Å²) in [5.74, 6) is -0.725. The molecule has 0 aliphatic rings. The van der Waals surface area contributed by atoms with Gasteiger partial charge in [0, 0.05) is 26.1 Å². The van der Waals surface area contributed by atoms with Crippen molar-refractivity contribution < 1.29 is 14.4 Å². The number of amides is 3. The van der Waals surface area contributed by atoms with Gasteiger partial charge in [0.25, 0.3) is 5.91 Å². The standard InChI is InChI=1S/C20H24N4O3/c21-11-13-23-20(27)16-8-4-5-9-17(16)24-18(25)10-12-22-19(26)14-15-6-2-1-3-7-15/h1-9H,10-14,21H2,(H,22,26)(H,23,27)(H,24,25). The van der Waals surface area contributed by atoms with Gasteiger partial charge in [-0.05, 0) is 17.7 Å². The van der Waals surface area contributed by atoms with E-state index in [1.807, 2.05) is 30.3 Å². The highest BCUT2D eigenvalue weighted by atomic mass is 16.2. The van der Waals surface area contributed by atoms with Crippen LogP contribution in [0.4, 0.5) is 5.69 Å². The SMILES string of the molecule is NCCNC(=O)c1ccccc1NC(=O)CCNC(=O)Cc1ccccc1. The minimum absolute atomic E-state index is 0.110. The Bertz CT molecular complexity index is 778. The Labute approximate surface area is 158 Å². The zero-order valence-electron chi connectivity index (χ0n) is 15.0. The van der Waals surface area contributed by atoms with E-state index in [0.717, 1.165) is 5.56 Å². The quantitative estimate of drug-likeness (QED) is 0.530. The number of rotatable bonds is 9. The Morgan fingerprint density at radius 1 is 0.815 bits per heavy atom. The van der Waals surface area contributed by atoms with Crippen LogP contribution in [0.15, 0.2) is 54.6 Å². The molecule has 0 spiro atoms. The highest BCUT2D eigenvalue weighted by Gasteiger charge is 2.12. The average Bonchev–Trinajstić information content (AvgIpc) is 2.67. The Hall–Kier alpha value is -3.19. The van der Waals surface area contributed by atoms with Crippen LogP contribution in [0.1, 0.15) is 22.3 Å². The number of nitrogens with one attached hydrogen (secondary N) is 3. The van der Waals surface area contributed by atoms with Crippen molar-refractivity contribution in [1.82, 2.24) is 10.6 Å². The molecule has 3 amide bonds. The third kappa shape index (κ3) is 6.91. The van der Waals surface area contributed by atoms with Crippen LogP contribution in [0.3, 0.4) is 0 Å². The lowest BCUT2D eigenvalue weighted by atomic mass is 10.1. The molecule has 0 fully saturated rings. The molecule has 0 bridgehead atoms. The van der Waals surface area contributed by atoms with Gasteiger partial charge in [0.15, 0.2) is 0 Å². The predicted molar refractivity (Wildman–Crippen MR) is 104 cm³/mol. The van der Waals surface area contributed by atoms with Crippen LogP contribution in [0.5, 0.6) is 0 Å². The molecule has 0 heterocycles. The Balaban J connectivity index is 1.80. The number of hydrogen-bond donors (Lipinski definition) is 4. The molecule has 5 N–H and O–H groups in total. The average molecular weight is 368 g/mol. The second-order valence-electron chi connectivity index (χ2n) is 5.90. The molecule has 2 aromatic carbocycles. The van der Waals surface area contributed by atoms with E-state index >= 15 is 0 Å². The van der Waals surface area contributed by atoms with E-state index in [9.17, 15) is 14.4 Å². The van der Waals surface area contributed by atoms with Gasteiger partial charge in [0.05, 0.1) is 17.7 Å². The number of nitrogens with two attached hydrogens (primary N) is 1. The topological polar surface area (TPSA) is 113 Å². The van der Waals surface area contributed by atoms with Crippen molar-refractivity contribution in [2.24, 2.45) is 5.73 Å². The zero-order valence-corrected chi connectivity index (χ0v) is 15.0. The van der Waals surface area contributed by atoms with Crippen LogP contribution in [0.25, 0.3) is 0 Å². The number of carbonyl (C=O) groups is 3. The summed E-state index contributed by atoms with van der Waals surface area (Å²) in [6.45, 7) is 0.913. The number of benzene rings is 2. The van der Waals surface area contributed by atoms with E-state index in [-0.39, 0.29) is 37.1 Å². The summed E-state index contributed by atoms with van der Waals surface area (Å²) in [6, 6.07) is 16.1. The summed E-state index contributed by atoms with van der Waals surface area (Å²) in [5.41, 5.74) is 7.09. The van der Waals surface area contributed by atoms with Gasteiger partial charge in [0.1, 0.15) is 0 Å². The molecule has 2 aromatic rings. The Kier molecular flexibility index (Phi) is 7.99. The summed E-state index contributed by atoms with van der Waals surface area (Å²) in [7, 11) is 0. The smallest absolute Gasteiger partial charge is 0.253 e. The first-order valence-electron chi connectivity index (χ1n) is 8.78.